The highest BCUT2D eigenvalue weighted by molar-refractivity contribution is 5.85. The number of aryl methyl sites for hydroxylation is 1. The van der Waals surface area contributed by atoms with Gasteiger partial charge in [0.1, 0.15) is 5.75 Å². The summed E-state index contributed by atoms with van der Waals surface area (Å²) >= 11 is 0. The Labute approximate surface area is 157 Å². The normalized spacial score (nSPS) is 25.0. The van der Waals surface area contributed by atoms with Crippen molar-refractivity contribution in [1.82, 2.24) is 4.90 Å². The fraction of sp³-hybridized carbons (Fsp3) is 0.455. The highest BCUT2D eigenvalue weighted by atomic mass is 35.5. The van der Waals surface area contributed by atoms with E-state index in [2.05, 4.69) is 61.3 Å². The Bertz CT molecular complexity index is 730. The number of rotatable bonds is 3. The molecule has 2 aromatic rings. The topological polar surface area (TPSA) is 12.5 Å². The molecule has 3 atom stereocenters. The van der Waals surface area contributed by atoms with E-state index in [1.165, 1.54) is 29.7 Å². The fourth-order valence-electron chi connectivity index (χ4n) is 5.08. The van der Waals surface area contributed by atoms with Crippen molar-refractivity contribution in [3.63, 3.8) is 0 Å². The lowest BCUT2D eigenvalue weighted by Crippen LogP contribution is -2.32. The molecule has 1 aliphatic heterocycles. The molecule has 4 rings (SSSR count). The lowest BCUT2D eigenvalue weighted by Gasteiger charge is -2.33. The summed E-state index contributed by atoms with van der Waals surface area (Å²) in [6.45, 7) is 3.44. The van der Waals surface area contributed by atoms with Crippen LogP contribution in [0.3, 0.4) is 0 Å². The zero-order valence-corrected chi connectivity index (χ0v) is 16.2. The minimum absolute atomic E-state index is 0. The van der Waals surface area contributed by atoms with Crippen LogP contribution in [0.25, 0.3) is 0 Å². The van der Waals surface area contributed by atoms with Crippen molar-refractivity contribution in [2.75, 3.05) is 20.7 Å². The molecule has 2 aliphatic rings. The molecule has 0 saturated carbocycles. The van der Waals surface area contributed by atoms with Gasteiger partial charge in [0.2, 0.25) is 0 Å². The van der Waals surface area contributed by atoms with Crippen molar-refractivity contribution < 1.29 is 4.74 Å². The second kappa shape index (κ2) is 7.39. The Morgan fingerprint density at radius 1 is 1.12 bits per heavy atom. The summed E-state index contributed by atoms with van der Waals surface area (Å²) in [5.41, 5.74) is 5.94. The summed E-state index contributed by atoms with van der Waals surface area (Å²) in [7, 11) is 4.11. The van der Waals surface area contributed by atoms with E-state index in [0.29, 0.717) is 12.0 Å². The van der Waals surface area contributed by atoms with E-state index in [0.717, 1.165) is 24.5 Å². The van der Waals surface area contributed by atoms with E-state index in [-0.39, 0.29) is 12.4 Å². The number of methoxy groups -OCH3 is 1. The monoisotopic (exact) mass is 357 g/mol. The van der Waals surface area contributed by atoms with Crippen LogP contribution >= 0.6 is 12.4 Å². The number of nitrogens with zero attached hydrogens (tertiary/aromatic N) is 1. The van der Waals surface area contributed by atoms with Crippen LogP contribution in [-0.4, -0.2) is 31.6 Å². The van der Waals surface area contributed by atoms with Crippen LogP contribution in [0, 0.1) is 12.8 Å². The molecule has 0 bridgehead atoms. The lowest BCUT2D eigenvalue weighted by molar-refractivity contribution is 0.258. The van der Waals surface area contributed by atoms with Crippen LogP contribution in [-0.2, 0) is 12.8 Å². The summed E-state index contributed by atoms with van der Waals surface area (Å²) < 4.78 is 5.65. The van der Waals surface area contributed by atoms with Crippen LogP contribution in [0.1, 0.15) is 34.6 Å². The van der Waals surface area contributed by atoms with Crippen molar-refractivity contribution in [3.05, 3.63) is 64.7 Å². The van der Waals surface area contributed by atoms with Gasteiger partial charge in [-0.2, -0.15) is 0 Å². The average molecular weight is 358 g/mol. The minimum Gasteiger partial charge on any atom is -0.496 e. The predicted molar refractivity (Wildman–Crippen MR) is 106 cm³/mol. The van der Waals surface area contributed by atoms with Gasteiger partial charge >= 0.3 is 0 Å². The van der Waals surface area contributed by atoms with E-state index in [1.54, 1.807) is 12.7 Å². The van der Waals surface area contributed by atoms with Gasteiger partial charge in [-0.25, -0.2) is 0 Å². The van der Waals surface area contributed by atoms with Crippen molar-refractivity contribution in [2.45, 2.75) is 38.1 Å². The highest BCUT2D eigenvalue weighted by Gasteiger charge is 2.44. The molecule has 3 heteroatoms. The van der Waals surface area contributed by atoms with E-state index < -0.39 is 0 Å². The molecule has 1 fully saturated rings. The van der Waals surface area contributed by atoms with Gasteiger partial charge in [0.25, 0.3) is 0 Å². The minimum atomic E-state index is 0. The quantitative estimate of drug-likeness (QED) is 0.794. The van der Waals surface area contributed by atoms with Crippen molar-refractivity contribution in [2.24, 2.45) is 5.92 Å². The fourth-order valence-corrected chi connectivity index (χ4v) is 5.08. The zero-order chi connectivity index (χ0) is 16.7. The van der Waals surface area contributed by atoms with E-state index in [1.807, 2.05) is 0 Å². The number of likely N-dealkylation sites (N-methyl/N-ethyl adjacent to an activating group) is 1. The Morgan fingerprint density at radius 2 is 1.88 bits per heavy atom. The molecule has 2 nitrogen and oxygen atoms in total. The molecule has 134 valence electrons. The third kappa shape index (κ3) is 3.18. The van der Waals surface area contributed by atoms with Gasteiger partial charge in [-0.05, 0) is 67.5 Å². The number of hydrogen-bond donors (Lipinski definition) is 0. The molecule has 0 spiro atoms. The molecule has 1 aliphatic carbocycles. The maximum Gasteiger partial charge on any atom is 0.122 e. The Hall–Kier alpha value is -1.51. The van der Waals surface area contributed by atoms with Crippen molar-refractivity contribution in [3.8, 4) is 5.75 Å². The molecular weight excluding hydrogens is 330 g/mol. The average Bonchev–Trinajstić information content (AvgIpc) is 2.92. The maximum absolute atomic E-state index is 5.65. The molecule has 1 unspecified atom stereocenters. The van der Waals surface area contributed by atoms with E-state index >= 15 is 0 Å². The van der Waals surface area contributed by atoms with Gasteiger partial charge in [-0.1, -0.05) is 36.4 Å². The largest absolute Gasteiger partial charge is 0.496 e. The summed E-state index contributed by atoms with van der Waals surface area (Å²) in [6, 6.07) is 16.0. The number of ether oxygens (including phenoxy) is 1. The van der Waals surface area contributed by atoms with Gasteiger partial charge in [0, 0.05) is 18.5 Å². The molecule has 25 heavy (non-hydrogen) atoms. The first kappa shape index (κ1) is 18.3. The van der Waals surface area contributed by atoms with Crippen LogP contribution in [0.15, 0.2) is 42.5 Å². The molecule has 0 N–H and O–H groups in total. The summed E-state index contributed by atoms with van der Waals surface area (Å²) in [6.07, 6.45) is 3.59. The SMILES string of the molecule is COc1ccc(C)c2c1CCC1[C@@H]2CN(C)[C@@H]1Cc1ccccc1.Cl. The molecule has 2 aromatic carbocycles. The standard InChI is InChI=1S/C22H27NO.ClH/c1-15-9-12-21(24-3)18-11-10-17-19(22(15)18)14-23(2)20(17)13-16-7-5-4-6-8-16;/h4-9,12,17,19-20H,10-11,13-14H2,1-3H3;1H/t17?,19-,20+;/m0./s1. The Balaban J connectivity index is 0.00000182. The van der Waals surface area contributed by atoms with Gasteiger partial charge in [-0.15, -0.1) is 12.4 Å². The molecule has 1 heterocycles. The first-order chi connectivity index (χ1) is 11.7. The summed E-state index contributed by atoms with van der Waals surface area (Å²) in [5, 5.41) is 0. The molecule has 0 amide bonds. The predicted octanol–water partition coefficient (Wildman–Crippen LogP) is 4.63. The van der Waals surface area contributed by atoms with Crippen molar-refractivity contribution in [1.29, 1.82) is 0 Å². The van der Waals surface area contributed by atoms with Gasteiger partial charge in [0.05, 0.1) is 7.11 Å². The second-order valence-electron chi connectivity index (χ2n) is 7.48. The third-order valence-electron chi connectivity index (χ3n) is 6.20. The lowest BCUT2D eigenvalue weighted by atomic mass is 9.72. The third-order valence-corrected chi connectivity index (χ3v) is 6.20. The number of hydrogen-bond acceptors (Lipinski definition) is 2. The van der Waals surface area contributed by atoms with Crippen LogP contribution in [0.2, 0.25) is 0 Å². The van der Waals surface area contributed by atoms with Gasteiger partial charge < -0.3 is 9.64 Å². The van der Waals surface area contributed by atoms with Gasteiger partial charge in [-0.3, -0.25) is 0 Å². The first-order valence-corrected chi connectivity index (χ1v) is 9.09. The Kier molecular flexibility index (Phi) is 5.41. The number of benzene rings is 2. The molecular formula is C22H28ClNO. The van der Waals surface area contributed by atoms with Crippen LogP contribution < -0.4 is 4.74 Å². The van der Waals surface area contributed by atoms with Crippen LogP contribution in [0.4, 0.5) is 0 Å². The highest BCUT2D eigenvalue weighted by Crippen LogP contribution is 2.48. The second-order valence-corrected chi connectivity index (χ2v) is 7.48. The number of halogens is 1. The molecule has 0 aromatic heterocycles. The molecule has 1 saturated heterocycles. The summed E-state index contributed by atoms with van der Waals surface area (Å²) in [5.74, 6) is 2.50. The number of fused-ring (bicyclic) bond motifs is 3. The van der Waals surface area contributed by atoms with Crippen molar-refractivity contribution >= 4 is 12.4 Å². The van der Waals surface area contributed by atoms with Gasteiger partial charge in [0.15, 0.2) is 0 Å². The van der Waals surface area contributed by atoms with E-state index in [4.69, 9.17) is 4.74 Å². The molecule has 0 radical (unpaired) electrons. The Morgan fingerprint density at radius 3 is 2.60 bits per heavy atom. The number of likely N-dealkylation sites (tertiary alicyclic amines) is 1. The maximum atomic E-state index is 5.65. The van der Waals surface area contributed by atoms with E-state index in [9.17, 15) is 0 Å². The first-order valence-electron chi connectivity index (χ1n) is 9.09. The smallest absolute Gasteiger partial charge is 0.122 e. The zero-order valence-electron chi connectivity index (χ0n) is 15.4. The summed E-state index contributed by atoms with van der Waals surface area (Å²) in [4.78, 5) is 2.59. The van der Waals surface area contributed by atoms with Crippen LogP contribution in [0.5, 0.6) is 5.75 Å².